The molecule has 0 aromatic carbocycles. The average Bonchev–Trinajstić information content (AvgIpc) is 2.65. The van der Waals surface area contributed by atoms with Crippen molar-refractivity contribution in [3.05, 3.63) is 24.0 Å². The molecule has 3 nitrogen and oxygen atoms in total. The van der Waals surface area contributed by atoms with Crippen LogP contribution in [-0.4, -0.2) is 19.2 Å². The molecule has 0 heterocycles. The lowest BCUT2D eigenvalue weighted by Gasteiger charge is -2.06. The zero-order valence-electron chi connectivity index (χ0n) is 8.49. The van der Waals surface area contributed by atoms with Gasteiger partial charge in [0.2, 0.25) is 0 Å². The molecule has 1 aliphatic carbocycles. The van der Waals surface area contributed by atoms with Crippen molar-refractivity contribution >= 4 is 5.97 Å². The SMILES string of the molecule is CC=CC(=O)OCCOC1=CCCC1. The lowest BCUT2D eigenvalue weighted by Crippen LogP contribution is -2.07. The standard InChI is InChI=1S/C11H16O3/c1-2-5-11(12)14-9-8-13-10-6-3-4-7-10/h2,5-6H,3-4,7-9H2,1H3. The molecule has 1 rings (SSSR count). The minimum absolute atomic E-state index is 0.309. The first kappa shape index (κ1) is 10.8. The topological polar surface area (TPSA) is 35.5 Å². The third kappa shape index (κ3) is 4.12. The molecule has 0 unspecified atom stereocenters. The van der Waals surface area contributed by atoms with E-state index in [4.69, 9.17) is 9.47 Å². The van der Waals surface area contributed by atoms with Crippen LogP contribution in [0.4, 0.5) is 0 Å². The van der Waals surface area contributed by atoms with Crippen molar-refractivity contribution in [3.63, 3.8) is 0 Å². The van der Waals surface area contributed by atoms with E-state index in [1.807, 2.05) is 0 Å². The van der Waals surface area contributed by atoms with Crippen molar-refractivity contribution in [2.75, 3.05) is 13.2 Å². The quantitative estimate of drug-likeness (QED) is 0.384. The Morgan fingerprint density at radius 3 is 3.07 bits per heavy atom. The van der Waals surface area contributed by atoms with Gasteiger partial charge in [-0.15, -0.1) is 0 Å². The summed E-state index contributed by atoms with van der Waals surface area (Å²) in [6.07, 6.45) is 8.44. The van der Waals surface area contributed by atoms with E-state index in [-0.39, 0.29) is 5.97 Å². The lowest BCUT2D eigenvalue weighted by atomic mass is 10.4. The van der Waals surface area contributed by atoms with Crippen LogP contribution < -0.4 is 0 Å². The van der Waals surface area contributed by atoms with Gasteiger partial charge in [0, 0.05) is 12.5 Å². The van der Waals surface area contributed by atoms with Crippen LogP contribution in [-0.2, 0) is 14.3 Å². The minimum atomic E-state index is -0.309. The van der Waals surface area contributed by atoms with Gasteiger partial charge in [0.05, 0.1) is 5.76 Å². The third-order valence-electron chi connectivity index (χ3n) is 1.92. The summed E-state index contributed by atoms with van der Waals surface area (Å²) in [4.78, 5) is 10.9. The first-order chi connectivity index (χ1) is 6.83. The van der Waals surface area contributed by atoms with Crippen LogP contribution in [0.3, 0.4) is 0 Å². The van der Waals surface area contributed by atoms with Crippen LogP contribution >= 0.6 is 0 Å². The molecule has 3 heteroatoms. The molecule has 0 radical (unpaired) electrons. The Morgan fingerprint density at radius 2 is 2.43 bits per heavy atom. The van der Waals surface area contributed by atoms with E-state index in [0.717, 1.165) is 18.6 Å². The van der Waals surface area contributed by atoms with Crippen LogP contribution in [0.15, 0.2) is 24.0 Å². The third-order valence-corrected chi connectivity index (χ3v) is 1.92. The highest BCUT2D eigenvalue weighted by Gasteiger charge is 2.05. The number of hydrogen-bond donors (Lipinski definition) is 0. The number of carbonyl (C=O) groups excluding carboxylic acids is 1. The Balaban J connectivity index is 2.01. The first-order valence-electron chi connectivity index (χ1n) is 4.94. The fourth-order valence-corrected chi connectivity index (χ4v) is 1.27. The van der Waals surface area contributed by atoms with E-state index in [1.165, 1.54) is 12.5 Å². The van der Waals surface area contributed by atoms with E-state index in [9.17, 15) is 4.79 Å². The fraction of sp³-hybridized carbons (Fsp3) is 0.545. The van der Waals surface area contributed by atoms with Crippen molar-refractivity contribution in [3.8, 4) is 0 Å². The van der Waals surface area contributed by atoms with E-state index in [1.54, 1.807) is 13.0 Å². The Bertz CT molecular complexity index is 241. The molecule has 0 saturated carbocycles. The number of ether oxygens (including phenoxy) is 2. The van der Waals surface area contributed by atoms with Gasteiger partial charge in [-0.3, -0.25) is 0 Å². The molecular weight excluding hydrogens is 180 g/mol. The zero-order valence-corrected chi connectivity index (χ0v) is 8.49. The Kier molecular flexibility index (Phi) is 4.83. The van der Waals surface area contributed by atoms with Crippen molar-refractivity contribution in [1.29, 1.82) is 0 Å². The summed E-state index contributed by atoms with van der Waals surface area (Å²) in [5.74, 6) is 0.726. The maximum absolute atomic E-state index is 10.9. The normalized spacial score (nSPS) is 15.6. The summed E-state index contributed by atoms with van der Waals surface area (Å²) >= 11 is 0. The van der Waals surface area contributed by atoms with Crippen molar-refractivity contribution in [2.24, 2.45) is 0 Å². The molecule has 0 aromatic heterocycles. The molecule has 0 aromatic rings. The molecule has 0 atom stereocenters. The summed E-state index contributed by atoms with van der Waals surface area (Å²) in [6, 6.07) is 0. The van der Waals surface area contributed by atoms with Gasteiger partial charge in [-0.1, -0.05) is 6.08 Å². The predicted octanol–water partition coefficient (Wildman–Crippen LogP) is 2.19. The van der Waals surface area contributed by atoms with E-state index >= 15 is 0 Å². The highest BCUT2D eigenvalue weighted by Crippen LogP contribution is 2.17. The summed E-state index contributed by atoms with van der Waals surface area (Å²) in [5.41, 5.74) is 0. The van der Waals surface area contributed by atoms with Gasteiger partial charge in [0.25, 0.3) is 0 Å². The Labute approximate surface area is 84.4 Å². The number of hydrogen-bond acceptors (Lipinski definition) is 3. The molecule has 14 heavy (non-hydrogen) atoms. The zero-order chi connectivity index (χ0) is 10.2. The average molecular weight is 196 g/mol. The number of allylic oxidation sites excluding steroid dienone is 3. The second-order valence-corrected chi connectivity index (χ2v) is 3.08. The van der Waals surface area contributed by atoms with Gasteiger partial charge < -0.3 is 9.47 Å². The molecule has 0 fully saturated rings. The summed E-state index contributed by atoms with van der Waals surface area (Å²) < 4.78 is 10.3. The second-order valence-electron chi connectivity index (χ2n) is 3.08. The van der Waals surface area contributed by atoms with Crippen LogP contribution in [0.5, 0.6) is 0 Å². The Hall–Kier alpha value is -1.25. The molecule has 78 valence electrons. The smallest absolute Gasteiger partial charge is 0.330 e. The molecule has 1 aliphatic rings. The first-order valence-corrected chi connectivity index (χ1v) is 4.94. The summed E-state index contributed by atoms with van der Waals surface area (Å²) in [6.45, 7) is 2.55. The van der Waals surface area contributed by atoms with Gasteiger partial charge in [0.15, 0.2) is 0 Å². The van der Waals surface area contributed by atoms with Crippen LogP contribution in [0.25, 0.3) is 0 Å². The number of rotatable bonds is 5. The van der Waals surface area contributed by atoms with Gasteiger partial charge >= 0.3 is 5.97 Å². The van der Waals surface area contributed by atoms with E-state index in [2.05, 4.69) is 6.08 Å². The highest BCUT2D eigenvalue weighted by atomic mass is 16.6. The molecule has 0 saturated heterocycles. The minimum Gasteiger partial charge on any atom is -0.495 e. The predicted molar refractivity (Wildman–Crippen MR) is 53.7 cm³/mol. The van der Waals surface area contributed by atoms with Crippen LogP contribution in [0, 0.1) is 0 Å². The second kappa shape index (κ2) is 6.24. The van der Waals surface area contributed by atoms with Gasteiger partial charge in [-0.2, -0.15) is 0 Å². The highest BCUT2D eigenvalue weighted by molar-refractivity contribution is 5.81. The molecule has 0 spiro atoms. The van der Waals surface area contributed by atoms with Crippen LogP contribution in [0.1, 0.15) is 26.2 Å². The molecule has 0 amide bonds. The van der Waals surface area contributed by atoms with Gasteiger partial charge in [0.1, 0.15) is 13.2 Å². The molecule has 0 bridgehead atoms. The number of esters is 1. The maximum Gasteiger partial charge on any atom is 0.330 e. The van der Waals surface area contributed by atoms with E-state index < -0.39 is 0 Å². The maximum atomic E-state index is 10.9. The fourth-order valence-electron chi connectivity index (χ4n) is 1.27. The lowest BCUT2D eigenvalue weighted by molar-refractivity contribution is -0.138. The van der Waals surface area contributed by atoms with Gasteiger partial charge in [-0.05, 0) is 25.8 Å². The van der Waals surface area contributed by atoms with Crippen molar-refractivity contribution < 1.29 is 14.3 Å². The molecule has 0 N–H and O–H groups in total. The summed E-state index contributed by atoms with van der Waals surface area (Å²) in [5, 5.41) is 0. The van der Waals surface area contributed by atoms with Gasteiger partial charge in [-0.25, -0.2) is 4.79 Å². The van der Waals surface area contributed by atoms with Crippen molar-refractivity contribution in [2.45, 2.75) is 26.2 Å². The number of carbonyl (C=O) groups is 1. The van der Waals surface area contributed by atoms with Crippen LogP contribution in [0.2, 0.25) is 0 Å². The Morgan fingerprint density at radius 1 is 1.57 bits per heavy atom. The molecule has 0 aliphatic heterocycles. The van der Waals surface area contributed by atoms with E-state index in [0.29, 0.717) is 13.2 Å². The molecular formula is C11H16O3. The summed E-state index contributed by atoms with van der Waals surface area (Å²) in [7, 11) is 0. The largest absolute Gasteiger partial charge is 0.495 e. The van der Waals surface area contributed by atoms with Crippen molar-refractivity contribution in [1.82, 2.24) is 0 Å². The monoisotopic (exact) mass is 196 g/mol.